The summed E-state index contributed by atoms with van der Waals surface area (Å²) < 4.78 is 26.6. The highest BCUT2D eigenvalue weighted by Crippen LogP contribution is 2.37. The highest BCUT2D eigenvalue weighted by molar-refractivity contribution is 5.94. The summed E-state index contributed by atoms with van der Waals surface area (Å²) in [6.07, 6.45) is 0.956. The molecule has 102 valence electrons. The summed E-state index contributed by atoms with van der Waals surface area (Å²) in [5.74, 6) is -3.21. The molecular formula is C12H18F2N2O2. The second-order valence-corrected chi connectivity index (χ2v) is 5.33. The zero-order chi connectivity index (χ0) is 13.3. The van der Waals surface area contributed by atoms with Gasteiger partial charge in [0.2, 0.25) is 17.7 Å². The molecule has 0 aromatic carbocycles. The van der Waals surface area contributed by atoms with Crippen molar-refractivity contribution in [2.75, 3.05) is 13.1 Å². The fourth-order valence-corrected chi connectivity index (χ4v) is 2.77. The van der Waals surface area contributed by atoms with Crippen LogP contribution in [0.5, 0.6) is 0 Å². The van der Waals surface area contributed by atoms with E-state index in [1.54, 1.807) is 6.92 Å². The molecule has 0 bridgehead atoms. The minimum Gasteiger partial charge on any atom is -0.343 e. The fraction of sp³-hybridized carbons (Fsp3) is 0.833. The van der Waals surface area contributed by atoms with Crippen LogP contribution < -0.4 is 5.32 Å². The van der Waals surface area contributed by atoms with Gasteiger partial charge in [0.1, 0.15) is 6.04 Å². The van der Waals surface area contributed by atoms with E-state index in [1.165, 1.54) is 4.90 Å². The molecule has 18 heavy (non-hydrogen) atoms. The number of alkyl halides is 2. The Balaban J connectivity index is 1.96. The summed E-state index contributed by atoms with van der Waals surface area (Å²) in [4.78, 5) is 24.6. The fourth-order valence-electron chi connectivity index (χ4n) is 2.77. The van der Waals surface area contributed by atoms with E-state index in [9.17, 15) is 18.4 Å². The van der Waals surface area contributed by atoms with Crippen LogP contribution in [0.3, 0.4) is 0 Å². The minimum atomic E-state index is -2.62. The van der Waals surface area contributed by atoms with Crippen molar-refractivity contribution in [1.82, 2.24) is 10.2 Å². The molecule has 1 aliphatic carbocycles. The molecule has 0 aromatic rings. The molecule has 1 saturated carbocycles. The van der Waals surface area contributed by atoms with Crippen LogP contribution in [0.1, 0.15) is 32.6 Å². The molecular weight excluding hydrogens is 242 g/mol. The van der Waals surface area contributed by atoms with Crippen molar-refractivity contribution in [1.29, 1.82) is 0 Å². The third kappa shape index (κ3) is 2.97. The summed E-state index contributed by atoms with van der Waals surface area (Å²) in [6, 6.07) is -0.546. The maximum absolute atomic E-state index is 13.3. The third-order valence-corrected chi connectivity index (χ3v) is 3.61. The van der Waals surface area contributed by atoms with Gasteiger partial charge in [0, 0.05) is 19.4 Å². The van der Waals surface area contributed by atoms with Gasteiger partial charge < -0.3 is 10.2 Å². The van der Waals surface area contributed by atoms with Gasteiger partial charge in [0.05, 0.1) is 6.54 Å². The summed E-state index contributed by atoms with van der Waals surface area (Å²) in [5.41, 5.74) is 0. The van der Waals surface area contributed by atoms with Crippen LogP contribution in [0.25, 0.3) is 0 Å². The Hall–Kier alpha value is -1.20. The Labute approximate surface area is 105 Å². The highest BCUT2D eigenvalue weighted by atomic mass is 19.3. The zero-order valence-electron chi connectivity index (χ0n) is 10.4. The monoisotopic (exact) mass is 260 g/mol. The minimum absolute atomic E-state index is 0.00869. The Morgan fingerprint density at radius 2 is 2.17 bits per heavy atom. The second-order valence-electron chi connectivity index (χ2n) is 5.33. The Kier molecular flexibility index (Phi) is 3.54. The van der Waals surface area contributed by atoms with Gasteiger partial charge in [-0.3, -0.25) is 9.59 Å². The van der Waals surface area contributed by atoms with E-state index in [0.717, 1.165) is 0 Å². The van der Waals surface area contributed by atoms with Crippen molar-refractivity contribution in [2.45, 2.75) is 44.6 Å². The lowest BCUT2D eigenvalue weighted by molar-refractivity contribution is -0.145. The number of nitrogens with zero attached hydrogens (tertiary/aromatic N) is 1. The third-order valence-electron chi connectivity index (χ3n) is 3.61. The smallest absolute Gasteiger partial charge is 0.248 e. The summed E-state index contributed by atoms with van der Waals surface area (Å²) in [6.45, 7) is 1.87. The van der Waals surface area contributed by atoms with Gasteiger partial charge in [-0.1, -0.05) is 0 Å². The van der Waals surface area contributed by atoms with E-state index in [0.29, 0.717) is 12.8 Å². The average molecular weight is 260 g/mol. The van der Waals surface area contributed by atoms with Crippen molar-refractivity contribution in [3.8, 4) is 0 Å². The molecule has 2 fully saturated rings. The summed E-state index contributed by atoms with van der Waals surface area (Å²) in [7, 11) is 0. The molecule has 0 spiro atoms. The van der Waals surface area contributed by atoms with E-state index in [1.807, 2.05) is 0 Å². The van der Waals surface area contributed by atoms with Crippen LogP contribution in [0.4, 0.5) is 8.78 Å². The number of hydrogen-bond donors (Lipinski definition) is 1. The molecule has 0 aromatic heterocycles. The van der Waals surface area contributed by atoms with E-state index in [-0.39, 0.29) is 43.7 Å². The molecule has 4 nitrogen and oxygen atoms in total. The first-order chi connectivity index (χ1) is 8.37. The van der Waals surface area contributed by atoms with Crippen LogP contribution in [0.15, 0.2) is 0 Å². The lowest BCUT2D eigenvalue weighted by Gasteiger charge is -2.36. The quantitative estimate of drug-likeness (QED) is 0.810. The Morgan fingerprint density at radius 3 is 2.83 bits per heavy atom. The lowest BCUT2D eigenvalue weighted by Crippen LogP contribution is -2.57. The van der Waals surface area contributed by atoms with E-state index in [2.05, 4.69) is 5.32 Å². The number of nitrogens with one attached hydrogen (secondary N) is 1. The van der Waals surface area contributed by atoms with E-state index < -0.39 is 12.0 Å². The number of carbonyl (C=O) groups excluding carboxylic acids is 2. The molecule has 2 aliphatic rings. The summed E-state index contributed by atoms with van der Waals surface area (Å²) in [5, 5.41) is 2.53. The maximum atomic E-state index is 13.3. The predicted molar refractivity (Wildman–Crippen MR) is 61.1 cm³/mol. The van der Waals surface area contributed by atoms with Gasteiger partial charge in [-0.05, 0) is 25.7 Å². The molecule has 1 aliphatic heterocycles. The van der Waals surface area contributed by atoms with Crippen LogP contribution in [-0.4, -0.2) is 41.8 Å². The molecule has 6 heteroatoms. The average Bonchev–Trinajstić information content (AvgIpc) is 2.24. The van der Waals surface area contributed by atoms with Gasteiger partial charge in [0.15, 0.2) is 0 Å². The van der Waals surface area contributed by atoms with E-state index >= 15 is 0 Å². The summed E-state index contributed by atoms with van der Waals surface area (Å²) >= 11 is 0. The number of amides is 2. The number of carbonyl (C=O) groups is 2. The Morgan fingerprint density at radius 1 is 1.44 bits per heavy atom. The molecule has 2 unspecified atom stereocenters. The molecule has 2 rings (SSSR count). The van der Waals surface area contributed by atoms with Gasteiger partial charge in [-0.2, -0.15) is 0 Å². The lowest BCUT2D eigenvalue weighted by atomic mass is 9.86. The largest absolute Gasteiger partial charge is 0.343 e. The molecule has 1 heterocycles. The van der Waals surface area contributed by atoms with E-state index in [4.69, 9.17) is 0 Å². The predicted octanol–water partition coefficient (Wildman–Crippen LogP) is 1.16. The molecule has 1 saturated heterocycles. The highest BCUT2D eigenvalue weighted by Gasteiger charge is 2.38. The van der Waals surface area contributed by atoms with Gasteiger partial charge in [0.25, 0.3) is 0 Å². The SMILES string of the molecule is CC1NC(=O)CN(CC2CCCC(F)(F)C2)C1=O. The van der Waals surface area contributed by atoms with Crippen LogP contribution in [-0.2, 0) is 9.59 Å². The van der Waals surface area contributed by atoms with Crippen molar-refractivity contribution >= 4 is 11.8 Å². The molecule has 0 radical (unpaired) electrons. The van der Waals surface area contributed by atoms with Crippen molar-refractivity contribution in [3.63, 3.8) is 0 Å². The van der Waals surface area contributed by atoms with Crippen molar-refractivity contribution < 1.29 is 18.4 Å². The maximum Gasteiger partial charge on any atom is 0.248 e. The standard InChI is InChI=1S/C12H18F2N2O2/c1-8-11(18)16(7-10(17)15-8)6-9-3-2-4-12(13,14)5-9/h8-9H,2-7H2,1H3,(H,15,17). The zero-order valence-corrected chi connectivity index (χ0v) is 10.4. The number of piperazine rings is 1. The van der Waals surface area contributed by atoms with Gasteiger partial charge in [-0.15, -0.1) is 0 Å². The van der Waals surface area contributed by atoms with Crippen LogP contribution in [0.2, 0.25) is 0 Å². The number of rotatable bonds is 2. The number of hydrogen-bond acceptors (Lipinski definition) is 2. The first-order valence-electron chi connectivity index (χ1n) is 6.33. The van der Waals surface area contributed by atoms with Gasteiger partial charge in [-0.25, -0.2) is 8.78 Å². The van der Waals surface area contributed by atoms with Crippen molar-refractivity contribution in [2.24, 2.45) is 5.92 Å². The molecule has 1 N–H and O–H groups in total. The topological polar surface area (TPSA) is 49.4 Å². The molecule has 2 amide bonds. The van der Waals surface area contributed by atoms with Gasteiger partial charge >= 0.3 is 0 Å². The Bertz CT molecular complexity index is 360. The van der Waals surface area contributed by atoms with Crippen LogP contribution in [0, 0.1) is 5.92 Å². The second kappa shape index (κ2) is 4.82. The van der Waals surface area contributed by atoms with Crippen LogP contribution >= 0.6 is 0 Å². The molecule has 2 atom stereocenters. The first-order valence-corrected chi connectivity index (χ1v) is 6.33. The normalized spacial score (nSPS) is 32.3. The van der Waals surface area contributed by atoms with Crippen molar-refractivity contribution in [3.05, 3.63) is 0 Å². The number of halogens is 2. The first kappa shape index (κ1) is 13.2.